The molecule has 10 heavy (non-hydrogen) atoms. The minimum Gasteiger partial charge on any atom is -0.333 e. The topological polar surface area (TPSA) is 39.5 Å². The Morgan fingerprint density at radius 3 is 2.50 bits per heavy atom. The first kappa shape index (κ1) is 8.88. The molecule has 0 saturated carbocycles. The van der Waals surface area contributed by atoms with Crippen LogP contribution in [0.2, 0.25) is 0 Å². The molecule has 0 aliphatic rings. The lowest BCUT2D eigenvalue weighted by Crippen LogP contribution is -2.22. The molecule has 0 aromatic carbocycles. The van der Waals surface area contributed by atoms with Crippen molar-refractivity contribution in [3.63, 3.8) is 0 Å². The van der Waals surface area contributed by atoms with Crippen molar-refractivity contribution in [2.24, 2.45) is 4.99 Å². The van der Waals surface area contributed by atoms with E-state index in [-0.39, 0.29) is 0 Å². The molecule has 1 N–H and O–H groups in total. The average molecular weight is 139 g/mol. The zero-order valence-corrected chi connectivity index (χ0v) is 6.68. The molecule has 0 aromatic heterocycles. The zero-order chi connectivity index (χ0) is 8.15. The second-order valence-electron chi connectivity index (χ2n) is 2.02. The molecule has 0 atom stereocenters. The van der Waals surface area contributed by atoms with Crippen LogP contribution in [0.25, 0.3) is 0 Å². The van der Waals surface area contributed by atoms with Crippen molar-refractivity contribution in [1.82, 2.24) is 4.90 Å². The van der Waals surface area contributed by atoms with E-state index in [2.05, 4.69) is 11.6 Å². The lowest BCUT2D eigenvalue weighted by atomic mass is 10.4. The highest BCUT2D eigenvalue weighted by molar-refractivity contribution is 5.87. The SMILES string of the molecule is C=C(/C=N\C)N(C)C(C)=N. The third kappa shape index (κ3) is 2.44. The number of nitrogens with zero attached hydrogens (tertiary/aromatic N) is 2. The van der Waals surface area contributed by atoms with Gasteiger partial charge in [0.15, 0.2) is 0 Å². The van der Waals surface area contributed by atoms with Crippen molar-refractivity contribution in [3.05, 3.63) is 12.3 Å². The fourth-order valence-electron chi connectivity index (χ4n) is 0.451. The molecule has 0 spiro atoms. The van der Waals surface area contributed by atoms with Gasteiger partial charge in [-0.2, -0.15) is 0 Å². The first-order chi connectivity index (χ1) is 4.59. The van der Waals surface area contributed by atoms with E-state index in [0.29, 0.717) is 5.84 Å². The molecule has 0 amide bonds. The smallest absolute Gasteiger partial charge is 0.0968 e. The van der Waals surface area contributed by atoms with E-state index in [0.717, 1.165) is 5.70 Å². The number of amidine groups is 1. The third-order valence-electron chi connectivity index (χ3n) is 1.21. The Kier molecular flexibility index (Phi) is 3.39. The van der Waals surface area contributed by atoms with Gasteiger partial charge in [0.2, 0.25) is 0 Å². The predicted molar refractivity (Wildman–Crippen MR) is 44.7 cm³/mol. The summed E-state index contributed by atoms with van der Waals surface area (Å²) in [7, 11) is 3.46. The van der Waals surface area contributed by atoms with Crippen molar-refractivity contribution in [1.29, 1.82) is 5.41 Å². The van der Waals surface area contributed by atoms with Crippen LogP contribution >= 0.6 is 0 Å². The highest BCUT2D eigenvalue weighted by atomic mass is 15.1. The maximum atomic E-state index is 7.21. The maximum absolute atomic E-state index is 7.21. The van der Waals surface area contributed by atoms with Gasteiger partial charge in [0, 0.05) is 20.3 Å². The normalized spacial score (nSPS) is 9.90. The molecule has 0 saturated heterocycles. The fourth-order valence-corrected chi connectivity index (χ4v) is 0.451. The molecule has 0 aromatic rings. The summed E-state index contributed by atoms with van der Waals surface area (Å²) in [6.07, 6.45) is 1.62. The summed E-state index contributed by atoms with van der Waals surface area (Å²) >= 11 is 0. The van der Waals surface area contributed by atoms with Gasteiger partial charge in [-0.1, -0.05) is 6.58 Å². The predicted octanol–water partition coefficient (Wildman–Crippen LogP) is 1.13. The number of hydrogen-bond acceptors (Lipinski definition) is 2. The summed E-state index contributed by atoms with van der Waals surface area (Å²) in [6.45, 7) is 5.40. The first-order valence-corrected chi connectivity index (χ1v) is 2.99. The third-order valence-corrected chi connectivity index (χ3v) is 1.21. The Labute approximate surface area is 61.6 Å². The molecule has 0 bridgehead atoms. The van der Waals surface area contributed by atoms with Gasteiger partial charge in [-0.3, -0.25) is 10.4 Å². The lowest BCUT2D eigenvalue weighted by molar-refractivity contribution is 0.655. The molecule has 3 heteroatoms. The minimum absolute atomic E-state index is 0.463. The fraction of sp³-hybridized carbons (Fsp3) is 0.429. The number of rotatable bonds is 2. The highest BCUT2D eigenvalue weighted by Crippen LogP contribution is 1.94. The Morgan fingerprint density at radius 2 is 2.20 bits per heavy atom. The van der Waals surface area contributed by atoms with Crippen LogP contribution in [0.15, 0.2) is 17.3 Å². The molecule has 0 radical (unpaired) electrons. The standard InChI is InChI=1S/C7H13N3/c1-6(5-9-3)10(4)7(2)8/h5,8H,1H2,2-4H3/b8-7?,9-5-. The van der Waals surface area contributed by atoms with Crippen LogP contribution in [0.1, 0.15) is 6.92 Å². The van der Waals surface area contributed by atoms with Crippen molar-refractivity contribution >= 4 is 12.1 Å². The molecule has 0 aliphatic carbocycles. The molecule has 3 nitrogen and oxygen atoms in total. The summed E-state index contributed by atoms with van der Waals surface area (Å²) in [5.41, 5.74) is 0.731. The van der Waals surface area contributed by atoms with E-state index >= 15 is 0 Å². The van der Waals surface area contributed by atoms with Crippen molar-refractivity contribution in [2.75, 3.05) is 14.1 Å². The molecule has 0 aliphatic heterocycles. The van der Waals surface area contributed by atoms with Crippen LogP contribution in [-0.4, -0.2) is 31.0 Å². The summed E-state index contributed by atoms with van der Waals surface area (Å²) in [4.78, 5) is 5.44. The van der Waals surface area contributed by atoms with Gasteiger partial charge in [-0.15, -0.1) is 0 Å². The average Bonchev–Trinajstić information content (AvgIpc) is 1.87. The quantitative estimate of drug-likeness (QED) is 0.452. The Balaban J connectivity index is 4.08. The maximum Gasteiger partial charge on any atom is 0.0968 e. The van der Waals surface area contributed by atoms with E-state index < -0.39 is 0 Å². The minimum atomic E-state index is 0.463. The molecular formula is C7H13N3. The Morgan fingerprint density at radius 1 is 1.70 bits per heavy atom. The number of allylic oxidation sites excluding steroid dienone is 1. The molecule has 0 unspecified atom stereocenters. The summed E-state index contributed by atoms with van der Waals surface area (Å²) in [5, 5.41) is 7.21. The summed E-state index contributed by atoms with van der Waals surface area (Å²) in [5.74, 6) is 0.463. The second kappa shape index (κ2) is 3.82. The number of nitrogens with one attached hydrogen (secondary N) is 1. The van der Waals surface area contributed by atoms with E-state index in [9.17, 15) is 0 Å². The zero-order valence-electron chi connectivity index (χ0n) is 6.68. The first-order valence-electron chi connectivity index (χ1n) is 2.99. The lowest BCUT2D eigenvalue weighted by Gasteiger charge is -2.15. The van der Waals surface area contributed by atoms with E-state index in [1.165, 1.54) is 0 Å². The van der Waals surface area contributed by atoms with Crippen LogP contribution in [0, 0.1) is 5.41 Å². The van der Waals surface area contributed by atoms with Crippen LogP contribution in [0.3, 0.4) is 0 Å². The monoisotopic (exact) mass is 139 g/mol. The van der Waals surface area contributed by atoms with Crippen molar-refractivity contribution in [2.45, 2.75) is 6.92 Å². The highest BCUT2D eigenvalue weighted by Gasteiger charge is 1.98. The Hall–Kier alpha value is -1.12. The molecule has 56 valence electrons. The van der Waals surface area contributed by atoms with Crippen molar-refractivity contribution < 1.29 is 0 Å². The van der Waals surface area contributed by atoms with E-state index in [1.54, 1.807) is 32.1 Å². The molecule has 0 rings (SSSR count). The van der Waals surface area contributed by atoms with Crippen LogP contribution in [-0.2, 0) is 0 Å². The van der Waals surface area contributed by atoms with Gasteiger partial charge < -0.3 is 4.90 Å². The van der Waals surface area contributed by atoms with Crippen LogP contribution in [0.5, 0.6) is 0 Å². The van der Waals surface area contributed by atoms with Gasteiger partial charge in [-0.05, 0) is 6.92 Å². The van der Waals surface area contributed by atoms with Gasteiger partial charge >= 0.3 is 0 Å². The summed E-state index contributed by atoms with van der Waals surface area (Å²) in [6, 6.07) is 0. The van der Waals surface area contributed by atoms with Gasteiger partial charge in [0.1, 0.15) is 0 Å². The Bertz CT molecular complexity index is 170. The van der Waals surface area contributed by atoms with E-state index in [4.69, 9.17) is 5.41 Å². The summed E-state index contributed by atoms with van der Waals surface area (Å²) < 4.78 is 0. The largest absolute Gasteiger partial charge is 0.333 e. The number of aliphatic imine (C=N–C) groups is 1. The molecular weight excluding hydrogens is 126 g/mol. The number of hydrogen-bond donors (Lipinski definition) is 1. The van der Waals surface area contributed by atoms with Gasteiger partial charge in [0.05, 0.1) is 11.5 Å². The van der Waals surface area contributed by atoms with E-state index in [1.807, 2.05) is 0 Å². The molecule has 0 heterocycles. The van der Waals surface area contributed by atoms with Crippen LogP contribution < -0.4 is 0 Å². The second-order valence-corrected chi connectivity index (χ2v) is 2.02. The van der Waals surface area contributed by atoms with Gasteiger partial charge in [-0.25, -0.2) is 0 Å². The van der Waals surface area contributed by atoms with Crippen molar-refractivity contribution in [3.8, 4) is 0 Å². The van der Waals surface area contributed by atoms with Crippen LogP contribution in [0.4, 0.5) is 0 Å². The molecule has 0 fully saturated rings. The van der Waals surface area contributed by atoms with Gasteiger partial charge in [0.25, 0.3) is 0 Å².